The molecule has 4 nitrogen and oxygen atoms in total. The van der Waals surface area contributed by atoms with Gasteiger partial charge in [0.1, 0.15) is 0 Å². The molecule has 5 heteroatoms. The predicted octanol–water partition coefficient (Wildman–Crippen LogP) is 2.05. The van der Waals surface area contributed by atoms with E-state index in [1.165, 1.54) is 6.07 Å². The lowest BCUT2D eigenvalue weighted by Crippen LogP contribution is -1.90. The molecular weight excluding hydrogens is 190 g/mol. The van der Waals surface area contributed by atoms with Gasteiger partial charge in [0.15, 0.2) is 0 Å². The van der Waals surface area contributed by atoms with Crippen LogP contribution >= 0.6 is 11.3 Å². The van der Waals surface area contributed by atoms with Gasteiger partial charge in [-0.1, -0.05) is 23.5 Å². The first kappa shape index (κ1) is 9.88. The molecule has 0 bridgehead atoms. The third kappa shape index (κ3) is 2.96. The summed E-state index contributed by atoms with van der Waals surface area (Å²) in [5.74, 6) is 0. The van der Waals surface area contributed by atoms with Gasteiger partial charge in [-0.3, -0.25) is 10.1 Å². The topological polar surface area (TPSA) is 63.4 Å². The Kier molecular flexibility index (Phi) is 3.16. The maximum atomic E-state index is 10.3. The number of nitro groups is 1. The van der Waals surface area contributed by atoms with Gasteiger partial charge in [-0.25, -0.2) is 0 Å². The van der Waals surface area contributed by atoms with Crippen LogP contribution in [0.5, 0.6) is 0 Å². The molecular formula is C8H9NO3S. The molecule has 0 aliphatic rings. The number of hydrogen-bond donors (Lipinski definition) is 1. The largest absolute Gasteiger partial charge is 0.389 e. The highest BCUT2D eigenvalue weighted by atomic mass is 32.1. The zero-order valence-corrected chi connectivity index (χ0v) is 7.82. The molecule has 13 heavy (non-hydrogen) atoms. The van der Waals surface area contributed by atoms with E-state index in [0.29, 0.717) is 0 Å². The smallest absolute Gasteiger partial charge is 0.324 e. The van der Waals surface area contributed by atoms with Crippen molar-refractivity contribution in [2.75, 3.05) is 0 Å². The average Bonchev–Trinajstić information content (AvgIpc) is 2.48. The van der Waals surface area contributed by atoms with Crippen LogP contribution in [-0.4, -0.2) is 16.1 Å². The van der Waals surface area contributed by atoms with E-state index in [1.807, 2.05) is 0 Å². The summed E-state index contributed by atoms with van der Waals surface area (Å²) >= 11 is 1.08. The van der Waals surface area contributed by atoms with Crippen molar-refractivity contribution < 1.29 is 10.0 Å². The second kappa shape index (κ2) is 4.15. The van der Waals surface area contributed by atoms with E-state index in [0.717, 1.165) is 16.9 Å². The van der Waals surface area contributed by atoms with Crippen molar-refractivity contribution >= 4 is 22.4 Å². The Hall–Kier alpha value is -1.20. The number of aliphatic hydroxyl groups is 1. The molecule has 1 atom stereocenters. The summed E-state index contributed by atoms with van der Waals surface area (Å²) in [7, 11) is 0. The Morgan fingerprint density at radius 2 is 2.46 bits per heavy atom. The van der Waals surface area contributed by atoms with Crippen molar-refractivity contribution in [2.24, 2.45) is 0 Å². The Bertz CT molecular complexity index is 330. The van der Waals surface area contributed by atoms with Crippen molar-refractivity contribution in [3.05, 3.63) is 33.2 Å². The number of thiophene rings is 1. The number of rotatable bonds is 3. The molecule has 1 heterocycles. The summed E-state index contributed by atoms with van der Waals surface area (Å²) in [5.41, 5.74) is 0.748. The SMILES string of the molecule is CC(O)/C=C/c1csc([N+](=O)[O-])c1. The molecule has 1 aromatic heterocycles. The highest BCUT2D eigenvalue weighted by Crippen LogP contribution is 2.23. The van der Waals surface area contributed by atoms with E-state index in [9.17, 15) is 10.1 Å². The summed E-state index contributed by atoms with van der Waals surface area (Å²) in [4.78, 5) is 9.87. The number of aliphatic hydroxyl groups excluding tert-OH is 1. The maximum Gasteiger partial charge on any atom is 0.324 e. The quantitative estimate of drug-likeness (QED) is 0.598. The minimum absolute atomic E-state index is 0.116. The van der Waals surface area contributed by atoms with E-state index in [4.69, 9.17) is 5.11 Å². The van der Waals surface area contributed by atoms with E-state index < -0.39 is 11.0 Å². The lowest BCUT2D eigenvalue weighted by Gasteiger charge is -1.90. The van der Waals surface area contributed by atoms with Crippen molar-refractivity contribution in [3.63, 3.8) is 0 Å². The second-order valence-electron chi connectivity index (χ2n) is 2.58. The third-order valence-corrected chi connectivity index (χ3v) is 2.25. The molecule has 1 N–H and O–H groups in total. The van der Waals surface area contributed by atoms with Gasteiger partial charge in [0.2, 0.25) is 0 Å². The average molecular weight is 199 g/mol. The van der Waals surface area contributed by atoms with Crippen LogP contribution in [-0.2, 0) is 0 Å². The Morgan fingerprint density at radius 1 is 1.77 bits per heavy atom. The fourth-order valence-corrected chi connectivity index (χ4v) is 1.47. The van der Waals surface area contributed by atoms with Crippen molar-refractivity contribution in [1.82, 2.24) is 0 Å². The van der Waals surface area contributed by atoms with Crippen LogP contribution in [0.25, 0.3) is 6.08 Å². The predicted molar refractivity (Wildman–Crippen MR) is 51.7 cm³/mol. The monoisotopic (exact) mass is 199 g/mol. The van der Waals surface area contributed by atoms with Crippen LogP contribution in [0.1, 0.15) is 12.5 Å². The van der Waals surface area contributed by atoms with Gasteiger partial charge in [0.25, 0.3) is 0 Å². The molecule has 0 aliphatic heterocycles. The molecule has 70 valence electrons. The Balaban J connectivity index is 2.75. The van der Waals surface area contributed by atoms with Gasteiger partial charge in [0.05, 0.1) is 11.0 Å². The minimum atomic E-state index is -0.529. The van der Waals surface area contributed by atoms with Crippen molar-refractivity contribution in [3.8, 4) is 0 Å². The van der Waals surface area contributed by atoms with Crippen LogP contribution in [0.15, 0.2) is 17.5 Å². The maximum absolute atomic E-state index is 10.3. The van der Waals surface area contributed by atoms with E-state index in [1.54, 1.807) is 24.5 Å². The first-order valence-electron chi connectivity index (χ1n) is 3.69. The zero-order valence-electron chi connectivity index (χ0n) is 7.01. The molecule has 0 saturated carbocycles. The Morgan fingerprint density at radius 3 is 2.92 bits per heavy atom. The highest BCUT2D eigenvalue weighted by molar-refractivity contribution is 7.13. The fraction of sp³-hybridized carbons (Fsp3) is 0.250. The van der Waals surface area contributed by atoms with E-state index >= 15 is 0 Å². The molecule has 0 radical (unpaired) electrons. The molecule has 1 aromatic rings. The van der Waals surface area contributed by atoms with Crippen LogP contribution in [0.3, 0.4) is 0 Å². The van der Waals surface area contributed by atoms with Gasteiger partial charge in [-0.05, 0) is 12.5 Å². The molecule has 1 unspecified atom stereocenters. The molecule has 0 aromatic carbocycles. The number of hydrogen-bond acceptors (Lipinski definition) is 4. The summed E-state index contributed by atoms with van der Waals surface area (Å²) in [5, 5.41) is 21.0. The number of nitrogens with zero attached hydrogens (tertiary/aromatic N) is 1. The minimum Gasteiger partial charge on any atom is -0.389 e. The second-order valence-corrected chi connectivity index (χ2v) is 3.46. The molecule has 0 aliphatic carbocycles. The molecule has 0 saturated heterocycles. The van der Waals surface area contributed by atoms with Crippen molar-refractivity contribution in [1.29, 1.82) is 0 Å². The van der Waals surface area contributed by atoms with Crippen LogP contribution in [0.2, 0.25) is 0 Å². The van der Waals surface area contributed by atoms with Gasteiger partial charge in [0, 0.05) is 11.4 Å². The molecule has 0 fully saturated rings. The van der Waals surface area contributed by atoms with Gasteiger partial charge in [-0.2, -0.15) is 0 Å². The normalized spacial score (nSPS) is 13.4. The summed E-state index contributed by atoms with van der Waals surface area (Å²) in [6, 6.07) is 1.48. The van der Waals surface area contributed by atoms with Crippen LogP contribution in [0.4, 0.5) is 5.00 Å². The standard InChI is InChI=1S/C8H9NO3S/c1-6(10)2-3-7-4-8(9(11)12)13-5-7/h2-6,10H,1H3/b3-2+. The molecule has 0 amide bonds. The van der Waals surface area contributed by atoms with Gasteiger partial charge < -0.3 is 5.11 Å². The lowest BCUT2D eigenvalue weighted by molar-refractivity contribution is -0.380. The summed E-state index contributed by atoms with van der Waals surface area (Å²) in [6.45, 7) is 1.62. The third-order valence-electron chi connectivity index (χ3n) is 1.35. The van der Waals surface area contributed by atoms with E-state index in [2.05, 4.69) is 0 Å². The van der Waals surface area contributed by atoms with Gasteiger partial charge in [-0.15, -0.1) is 0 Å². The van der Waals surface area contributed by atoms with Crippen molar-refractivity contribution in [2.45, 2.75) is 13.0 Å². The lowest BCUT2D eigenvalue weighted by atomic mass is 10.2. The summed E-state index contributed by atoms with van der Waals surface area (Å²) in [6.07, 6.45) is 2.71. The summed E-state index contributed by atoms with van der Waals surface area (Å²) < 4.78 is 0. The first-order chi connectivity index (χ1) is 6.09. The molecule has 0 spiro atoms. The van der Waals surface area contributed by atoms with E-state index in [-0.39, 0.29) is 5.00 Å². The zero-order chi connectivity index (χ0) is 9.84. The van der Waals surface area contributed by atoms with Crippen LogP contribution in [0, 0.1) is 10.1 Å². The molecule has 1 rings (SSSR count). The first-order valence-corrected chi connectivity index (χ1v) is 4.57. The fourth-order valence-electron chi connectivity index (χ4n) is 0.773. The highest BCUT2D eigenvalue weighted by Gasteiger charge is 2.07. The van der Waals surface area contributed by atoms with Crippen LogP contribution < -0.4 is 0 Å². The Labute approximate surface area is 79.3 Å². The van der Waals surface area contributed by atoms with Gasteiger partial charge >= 0.3 is 5.00 Å².